The summed E-state index contributed by atoms with van der Waals surface area (Å²) >= 11 is 1.23. The van der Waals surface area contributed by atoms with E-state index in [9.17, 15) is 9.59 Å². The first-order valence-corrected chi connectivity index (χ1v) is 10.4. The van der Waals surface area contributed by atoms with Crippen molar-refractivity contribution < 1.29 is 18.7 Å². The Morgan fingerprint density at radius 1 is 1.20 bits per heavy atom. The molecule has 0 aliphatic heterocycles. The zero-order valence-electron chi connectivity index (χ0n) is 16.9. The number of nitrogens with one attached hydrogen (secondary N) is 2. The number of carbonyl (C=O) groups excluding carboxylic acids is 2. The van der Waals surface area contributed by atoms with Crippen molar-refractivity contribution >= 4 is 28.8 Å². The monoisotopic (exact) mass is 428 g/mol. The summed E-state index contributed by atoms with van der Waals surface area (Å²) in [4.78, 5) is 24.4. The molecular weight excluding hydrogens is 404 g/mol. The predicted molar refractivity (Wildman–Crippen MR) is 114 cm³/mol. The second-order valence-electron chi connectivity index (χ2n) is 6.79. The lowest BCUT2D eigenvalue weighted by Gasteiger charge is -2.12. The number of methoxy groups -OCH3 is 1. The third-order valence-corrected chi connectivity index (χ3v) is 5.28. The van der Waals surface area contributed by atoms with Gasteiger partial charge in [-0.05, 0) is 49.7 Å². The summed E-state index contributed by atoms with van der Waals surface area (Å²) < 4.78 is 10.4. The lowest BCUT2D eigenvalue weighted by Crippen LogP contribution is -2.33. The largest absolute Gasteiger partial charge is 0.497 e. The number of anilines is 1. The second kappa shape index (κ2) is 10.5. The van der Waals surface area contributed by atoms with Crippen molar-refractivity contribution in [3.63, 3.8) is 0 Å². The van der Waals surface area contributed by atoms with Gasteiger partial charge < -0.3 is 19.8 Å². The molecule has 30 heavy (non-hydrogen) atoms. The summed E-state index contributed by atoms with van der Waals surface area (Å²) in [6, 6.07) is 10.8. The average Bonchev–Trinajstić information content (AvgIpc) is 3.40. The molecular formula is C21H24N4O4S. The van der Waals surface area contributed by atoms with Gasteiger partial charge in [0.2, 0.25) is 10.9 Å². The SMILES string of the molecule is COc1ccc(NC(=O)c2nnc(CCCC(=O)NC(C)Cc3ccco3)s2)cc1. The van der Waals surface area contributed by atoms with Crippen molar-refractivity contribution in [1.29, 1.82) is 0 Å². The Morgan fingerprint density at radius 3 is 2.70 bits per heavy atom. The van der Waals surface area contributed by atoms with Gasteiger partial charge in [-0.15, -0.1) is 10.2 Å². The molecule has 1 unspecified atom stereocenters. The fourth-order valence-electron chi connectivity index (χ4n) is 2.83. The molecule has 1 aromatic carbocycles. The van der Waals surface area contributed by atoms with E-state index in [1.807, 2.05) is 19.1 Å². The predicted octanol–water partition coefficient (Wildman–Crippen LogP) is 3.46. The van der Waals surface area contributed by atoms with E-state index in [-0.39, 0.29) is 22.9 Å². The molecule has 2 aromatic heterocycles. The number of amides is 2. The van der Waals surface area contributed by atoms with Crippen LogP contribution in [-0.4, -0.2) is 35.2 Å². The number of furan rings is 1. The molecule has 3 rings (SSSR count). The summed E-state index contributed by atoms with van der Waals surface area (Å²) in [5, 5.41) is 14.8. The highest BCUT2D eigenvalue weighted by Crippen LogP contribution is 2.18. The molecule has 0 spiro atoms. The minimum Gasteiger partial charge on any atom is -0.497 e. The first kappa shape index (κ1) is 21.5. The van der Waals surface area contributed by atoms with Gasteiger partial charge in [-0.1, -0.05) is 11.3 Å². The number of rotatable bonds is 10. The number of hydrogen-bond donors (Lipinski definition) is 2. The summed E-state index contributed by atoms with van der Waals surface area (Å²) in [7, 11) is 1.58. The standard InChI is InChI=1S/C21H24N4O4S/c1-14(13-17-5-4-12-29-17)22-18(26)6-3-7-19-24-25-21(30-19)20(27)23-15-8-10-16(28-2)11-9-15/h4-5,8-12,14H,3,6-7,13H2,1-2H3,(H,22,26)(H,23,27). The van der Waals surface area contributed by atoms with Gasteiger partial charge in [0.25, 0.3) is 5.91 Å². The number of benzene rings is 1. The first-order chi connectivity index (χ1) is 14.5. The Morgan fingerprint density at radius 2 is 2.00 bits per heavy atom. The van der Waals surface area contributed by atoms with Crippen LogP contribution in [0.2, 0.25) is 0 Å². The van der Waals surface area contributed by atoms with Crippen molar-refractivity contribution in [2.45, 2.75) is 38.6 Å². The molecule has 2 heterocycles. The molecule has 0 saturated carbocycles. The number of nitrogens with zero attached hydrogens (tertiary/aromatic N) is 2. The lowest BCUT2D eigenvalue weighted by molar-refractivity contribution is -0.121. The average molecular weight is 429 g/mol. The second-order valence-corrected chi connectivity index (χ2v) is 7.85. The molecule has 0 fully saturated rings. The summed E-state index contributed by atoms with van der Waals surface area (Å²) in [6.45, 7) is 1.94. The Labute approximate surface area is 178 Å². The van der Waals surface area contributed by atoms with Crippen molar-refractivity contribution in [1.82, 2.24) is 15.5 Å². The van der Waals surface area contributed by atoms with E-state index in [1.54, 1.807) is 37.6 Å². The smallest absolute Gasteiger partial charge is 0.286 e. The Hall–Kier alpha value is -3.20. The van der Waals surface area contributed by atoms with E-state index in [0.29, 0.717) is 37.1 Å². The highest BCUT2D eigenvalue weighted by Gasteiger charge is 2.14. The minimum absolute atomic E-state index is 0.00145. The Bertz CT molecular complexity index is 954. The van der Waals surface area contributed by atoms with E-state index in [1.165, 1.54) is 11.3 Å². The quantitative estimate of drug-likeness (QED) is 0.512. The topological polar surface area (TPSA) is 106 Å². The van der Waals surface area contributed by atoms with Crippen molar-refractivity contribution in [2.75, 3.05) is 12.4 Å². The molecule has 8 nitrogen and oxygen atoms in total. The number of aryl methyl sites for hydroxylation is 1. The maximum absolute atomic E-state index is 12.3. The van der Waals surface area contributed by atoms with Crippen LogP contribution in [0.25, 0.3) is 0 Å². The van der Waals surface area contributed by atoms with E-state index >= 15 is 0 Å². The molecule has 2 amide bonds. The van der Waals surface area contributed by atoms with Gasteiger partial charge in [-0.3, -0.25) is 9.59 Å². The summed E-state index contributed by atoms with van der Waals surface area (Å²) in [6.07, 6.45) is 3.89. The molecule has 0 saturated heterocycles. The van der Waals surface area contributed by atoms with Crippen LogP contribution in [-0.2, 0) is 17.6 Å². The maximum atomic E-state index is 12.3. The summed E-state index contributed by atoms with van der Waals surface area (Å²) in [5.74, 6) is 1.23. The number of aromatic nitrogens is 2. The first-order valence-electron chi connectivity index (χ1n) is 9.63. The van der Waals surface area contributed by atoms with Gasteiger partial charge in [0.05, 0.1) is 13.4 Å². The van der Waals surface area contributed by atoms with E-state index in [2.05, 4.69) is 20.8 Å². The molecule has 158 valence electrons. The maximum Gasteiger partial charge on any atom is 0.286 e. The van der Waals surface area contributed by atoms with Gasteiger partial charge in [0, 0.05) is 31.0 Å². The van der Waals surface area contributed by atoms with Gasteiger partial charge in [0.15, 0.2) is 0 Å². The number of carbonyl (C=O) groups is 2. The Kier molecular flexibility index (Phi) is 7.56. The van der Waals surface area contributed by atoms with E-state index < -0.39 is 0 Å². The fourth-order valence-corrected chi connectivity index (χ4v) is 3.61. The highest BCUT2D eigenvalue weighted by molar-refractivity contribution is 7.13. The van der Waals surface area contributed by atoms with Crippen molar-refractivity contribution in [2.24, 2.45) is 0 Å². The third-order valence-electron chi connectivity index (χ3n) is 4.30. The van der Waals surface area contributed by atoms with Crippen LogP contribution in [0.3, 0.4) is 0 Å². The zero-order chi connectivity index (χ0) is 21.3. The van der Waals surface area contributed by atoms with Crippen LogP contribution in [0.15, 0.2) is 47.1 Å². The highest BCUT2D eigenvalue weighted by atomic mass is 32.1. The van der Waals surface area contributed by atoms with Gasteiger partial charge in [-0.2, -0.15) is 0 Å². The Balaban J connectivity index is 1.40. The van der Waals surface area contributed by atoms with E-state index in [4.69, 9.17) is 9.15 Å². The number of ether oxygens (including phenoxy) is 1. The molecule has 2 N–H and O–H groups in total. The van der Waals surface area contributed by atoms with Crippen LogP contribution >= 0.6 is 11.3 Å². The van der Waals surface area contributed by atoms with Crippen LogP contribution in [0.5, 0.6) is 5.75 Å². The van der Waals surface area contributed by atoms with Gasteiger partial charge >= 0.3 is 0 Å². The molecule has 9 heteroatoms. The zero-order valence-corrected chi connectivity index (χ0v) is 17.7. The molecule has 0 aliphatic rings. The molecule has 3 aromatic rings. The molecule has 0 radical (unpaired) electrons. The van der Waals surface area contributed by atoms with Crippen LogP contribution in [0, 0.1) is 0 Å². The van der Waals surface area contributed by atoms with Crippen LogP contribution in [0.1, 0.15) is 40.3 Å². The molecule has 0 bridgehead atoms. The van der Waals surface area contributed by atoms with E-state index in [0.717, 1.165) is 10.8 Å². The van der Waals surface area contributed by atoms with Crippen molar-refractivity contribution in [3.05, 3.63) is 58.4 Å². The lowest BCUT2D eigenvalue weighted by atomic mass is 10.1. The fraction of sp³-hybridized carbons (Fsp3) is 0.333. The van der Waals surface area contributed by atoms with Gasteiger partial charge in [-0.25, -0.2) is 0 Å². The number of hydrogen-bond acceptors (Lipinski definition) is 7. The van der Waals surface area contributed by atoms with Crippen LogP contribution in [0.4, 0.5) is 5.69 Å². The normalized spacial score (nSPS) is 11.7. The molecule has 1 atom stereocenters. The van der Waals surface area contributed by atoms with Crippen LogP contribution < -0.4 is 15.4 Å². The van der Waals surface area contributed by atoms with Crippen molar-refractivity contribution in [3.8, 4) is 5.75 Å². The van der Waals surface area contributed by atoms with Gasteiger partial charge in [0.1, 0.15) is 16.5 Å². The minimum atomic E-state index is -0.312. The molecule has 0 aliphatic carbocycles. The third kappa shape index (κ3) is 6.41. The summed E-state index contributed by atoms with van der Waals surface area (Å²) in [5.41, 5.74) is 0.651.